The molecule has 1 aromatic heterocycles. The molecule has 1 heterocycles. The number of nitrogens with one attached hydrogen (secondary N) is 1. The maximum atomic E-state index is 11.1. The summed E-state index contributed by atoms with van der Waals surface area (Å²) < 4.78 is 5.00. The number of ether oxygens (including phenoxy) is 1. The molecule has 2 rings (SSSR count). The van der Waals surface area contributed by atoms with E-state index in [1.807, 2.05) is 19.1 Å². The Labute approximate surface area is 121 Å². The standard InChI is InChI=1S/C14H16N4O3/c1-9(10-3-5-11(15)6-4-10)16-14-12(18(19)20)7-8-13(17-14)21-2/h3-9H,15H2,1-2H3,(H,16,17). The molecule has 0 bridgehead atoms. The highest BCUT2D eigenvalue weighted by Gasteiger charge is 2.18. The van der Waals surface area contributed by atoms with Gasteiger partial charge < -0.3 is 15.8 Å². The van der Waals surface area contributed by atoms with Crippen molar-refractivity contribution in [3.63, 3.8) is 0 Å². The van der Waals surface area contributed by atoms with Gasteiger partial charge in [-0.2, -0.15) is 4.98 Å². The lowest BCUT2D eigenvalue weighted by Gasteiger charge is -2.15. The molecule has 0 aliphatic carbocycles. The Balaban J connectivity index is 2.28. The minimum atomic E-state index is -0.482. The predicted molar refractivity (Wildman–Crippen MR) is 80.3 cm³/mol. The molecule has 3 N–H and O–H groups in total. The lowest BCUT2D eigenvalue weighted by atomic mass is 10.1. The fraction of sp³-hybridized carbons (Fsp3) is 0.214. The monoisotopic (exact) mass is 288 g/mol. The summed E-state index contributed by atoms with van der Waals surface area (Å²) in [5.74, 6) is 0.483. The summed E-state index contributed by atoms with van der Waals surface area (Å²) in [6.45, 7) is 1.89. The van der Waals surface area contributed by atoms with Gasteiger partial charge >= 0.3 is 5.69 Å². The van der Waals surface area contributed by atoms with Gasteiger partial charge in [-0.15, -0.1) is 0 Å². The molecule has 1 atom stereocenters. The molecule has 0 saturated heterocycles. The zero-order valence-corrected chi connectivity index (χ0v) is 11.7. The summed E-state index contributed by atoms with van der Waals surface area (Å²) in [6, 6.07) is 9.94. The van der Waals surface area contributed by atoms with Crippen LogP contribution in [0.1, 0.15) is 18.5 Å². The van der Waals surface area contributed by atoms with Gasteiger partial charge in [-0.1, -0.05) is 12.1 Å². The zero-order valence-electron chi connectivity index (χ0n) is 11.7. The van der Waals surface area contributed by atoms with E-state index in [-0.39, 0.29) is 17.5 Å². The number of methoxy groups -OCH3 is 1. The van der Waals surface area contributed by atoms with Gasteiger partial charge in [0.15, 0.2) is 0 Å². The van der Waals surface area contributed by atoms with E-state index < -0.39 is 4.92 Å². The van der Waals surface area contributed by atoms with E-state index in [0.29, 0.717) is 11.6 Å². The topological polar surface area (TPSA) is 103 Å². The van der Waals surface area contributed by atoms with Gasteiger partial charge in [0.1, 0.15) is 0 Å². The van der Waals surface area contributed by atoms with Crippen molar-refractivity contribution >= 4 is 17.2 Å². The van der Waals surface area contributed by atoms with Crippen LogP contribution in [-0.2, 0) is 0 Å². The maximum absolute atomic E-state index is 11.1. The van der Waals surface area contributed by atoms with Crippen molar-refractivity contribution in [1.82, 2.24) is 4.98 Å². The Morgan fingerprint density at radius 3 is 2.52 bits per heavy atom. The molecule has 2 aromatic rings. The summed E-state index contributed by atoms with van der Waals surface area (Å²) in [7, 11) is 1.46. The number of pyridine rings is 1. The zero-order chi connectivity index (χ0) is 15.4. The second kappa shape index (κ2) is 6.08. The van der Waals surface area contributed by atoms with Crippen LogP contribution in [-0.4, -0.2) is 17.0 Å². The SMILES string of the molecule is COc1ccc([N+](=O)[O-])c(NC(C)c2ccc(N)cc2)n1. The van der Waals surface area contributed by atoms with Crippen molar-refractivity contribution in [2.24, 2.45) is 0 Å². The van der Waals surface area contributed by atoms with Crippen molar-refractivity contribution in [2.45, 2.75) is 13.0 Å². The highest BCUT2D eigenvalue weighted by molar-refractivity contribution is 5.58. The number of anilines is 2. The van der Waals surface area contributed by atoms with E-state index in [1.165, 1.54) is 19.2 Å². The van der Waals surface area contributed by atoms with Crippen LogP contribution in [0.25, 0.3) is 0 Å². The average Bonchev–Trinajstić information content (AvgIpc) is 2.47. The lowest BCUT2D eigenvalue weighted by Crippen LogP contribution is -2.10. The summed E-state index contributed by atoms with van der Waals surface area (Å²) in [5.41, 5.74) is 7.15. The molecule has 0 spiro atoms. The number of nitrogen functional groups attached to an aromatic ring is 1. The molecule has 110 valence electrons. The van der Waals surface area contributed by atoms with E-state index >= 15 is 0 Å². The van der Waals surface area contributed by atoms with Crippen LogP contribution < -0.4 is 15.8 Å². The first-order valence-corrected chi connectivity index (χ1v) is 6.32. The van der Waals surface area contributed by atoms with Crippen molar-refractivity contribution in [3.8, 4) is 5.88 Å². The van der Waals surface area contributed by atoms with Crippen molar-refractivity contribution in [1.29, 1.82) is 0 Å². The number of nitro groups is 1. The van der Waals surface area contributed by atoms with Crippen LogP contribution in [0.2, 0.25) is 0 Å². The number of rotatable bonds is 5. The lowest BCUT2D eigenvalue weighted by molar-refractivity contribution is -0.384. The van der Waals surface area contributed by atoms with E-state index in [1.54, 1.807) is 12.1 Å². The van der Waals surface area contributed by atoms with Gasteiger partial charge in [-0.05, 0) is 24.6 Å². The fourth-order valence-corrected chi connectivity index (χ4v) is 1.87. The van der Waals surface area contributed by atoms with E-state index in [4.69, 9.17) is 10.5 Å². The first-order chi connectivity index (χ1) is 10.0. The summed E-state index contributed by atoms with van der Waals surface area (Å²) in [6.07, 6.45) is 0. The molecule has 0 fully saturated rings. The van der Waals surface area contributed by atoms with Crippen LogP contribution in [0.4, 0.5) is 17.2 Å². The second-order valence-corrected chi connectivity index (χ2v) is 4.51. The van der Waals surface area contributed by atoms with Gasteiger partial charge in [0.2, 0.25) is 11.7 Å². The molecule has 7 nitrogen and oxygen atoms in total. The molecule has 1 aromatic carbocycles. The van der Waals surface area contributed by atoms with Crippen molar-refractivity contribution < 1.29 is 9.66 Å². The molecule has 0 amide bonds. The van der Waals surface area contributed by atoms with Gasteiger partial charge in [-0.25, -0.2) is 0 Å². The molecule has 7 heteroatoms. The van der Waals surface area contributed by atoms with E-state index in [0.717, 1.165) is 5.56 Å². The number of nitrogens with zero attached hydrogens (tertiary/aromatic N) is 2. The third-order valence-electron chi connectivity index (χ3n) is 3.04. The first-order valence-electron chi connectivity index (χ1n) is 6.32. The quantitative estimate of drug-likeness (QED) is 0.498. The van der Waals surface area contributed by atoms with Crippen molar-refractivity contribution in [3.05, 3.63) is 52.1 Å². The molecule has 0 saturated carbocycles. The molecule has 1 unspecified atom stereocenters. The number of benzene rings is 1. The highest BCUT2D eigenvalue weighted by atomic mass is 16.6. The Hall–Kier alpha value is -2.83. The van der Waals surface area contributed by atoms with E-state index in [2.05, 4.69) is 10.3 Å². The third kappa shape index (κ3) is 3.38. The Bertz CT molecular complexity index is 643. The number of hydrogen-bond acceptors (Lipinski definition) is 6. The largest absolute Gasteiger partial charge is 0.481 e. The van der Waals surface area contributed by atoms with Crippen LogP contribution in [0.5, 0.6) is 5.88 Å². The Kier molecular flexibility index (Phi) is 4.22. The number of aromatic nitrogens is 1. The summed E-state index contributed by atoms with van der Waals surface area (Å²) >= 11 is 0. The van der Waals surface area contributed by atoms with Crippen molar-refractivity contribution in [2.75, 3.05) is 18.2 Å². The molecule has 21 heavy (non-hydrogen) atoms. The third-order valence-corrected chi connectivity index (χ3v) is 3.04. The van der Waals surface area contributed by atoms with Gasteiger partial charge in [0, 0.05) is 17.8 Å². The number of hydrogen-bond donors (Lipinski definition) is 2. The van der Waals surface area contributed by atoms with Crippen LogP contribution in [0, 0.1) is 10.1 Å². The smallest absolute Gasteiger partial charge is 0.311 e. The maximum Gasteiger partial charge on any atom is 0.311 e. The van der Waals surface area contributed by atoms with Gasteiger partial charge in [0.25, 0.3) is 0 Å². The summed E-state index contributed by atoms with van der Waals surface area (Å²) in [5, 5.41) is 14.1. The van der Waals surface area contributed by atoms with Crippen LogP contribution in [0.15, 0.2) is 36.4 Å². The molecule has 0 aliphatic heterocycles. The fourth-order valence-electron chi connectivity index (χ4n) is 1.87. The summed E-state index contributed by atoms with van der Waals surface area (Å²) in [4.78, 5) is 14.7. The second-order valence-electron chi connectivity index (χ2n) is 4.51. The minimum absolute atomic E-state index is 0.0990. The molecular weight excluding hydrogens is 272 g/mol. The molecule has 0 radical (unpaired) electrons. The van der Waals surface area contributed by atoms with Gasteiger partial charge in [0.05, 0.1) is 18.1 Å². The highest BCUT2D eigenvalue weighted by Crippen LogP contribution is 2.28. The average molecular weight is 288 g/mol. The Morgan fingerprint density at radius 2 is 1.95 bits per heavy atom. The molecule has 0 aliphatic rings. The normalized spacial score (nSPS) is 11.7. The molecular formula is C14H16N4O3. The van der Waals surface area contributed by atoms with Crippen LogP contribution >= 0.6 is 0 Å². The van der Waals surface area contributed by atoms with E-state index in [9.17, 15) is 10.1 Å². The Morgan fingerprint density at radius 1 is 1.29 bits per heavy atom. The predicted octanol–water partition coefficient (Wildman–Crippen LogP) is 2.75. The first kappa shape index (κ1) is 14.6. The minimum Gasteiger partial charge on any atom is -0.481 e. The number of nitrogens with two attached hydrogens (primary N) is 1. The van der Waals surface area contributed by atoms with Gasteiger partial charge in [-0.3, -0.25) is 10.1 Å². The van der Waals surface area contributed by atoms with Crippen LogP contribution in [0.3, 0.4) is 0 Å².